The molecule has 0 spiro atoms. The highest BCUT2D eigenvalue weighted by atomic mass is 35.5. The molecule has 21 heavy (non-hydrogen) atoms. The molecular formula is C17H17ClN2O. The second-order valence-corrected chi connectivity index (χ2v) is 5.73. The summed E-state index contributed by atoms with van der Waals surface area (Å²) >= 11 is 6.02. The first-order chi connectivity index (χ1) is 10.1. The summed E-state index contributed by atoms with van der Waals surface area (Å²) in [4.78, 5) is 0. The molecule has 3 nitrogen and oxygen atoms in total. The third kappa shape index (κ3) is 2.68. The molecule has 0 aliphatic carbocycles. The van der Waals surface area contributed by atoms with E-state index in [1.165, 1.54) is 5.56 Å². The number of hydrazine groups is 1. The van der Waals surface area contributed by atoms with E-state index in [1.807, 2.05) is 43.3 Å². The highest BCUT2D eigenvalue weighted by Crippen LogP contribution is 2.30. The molecule has 108 valence electrons. The van der Waals surface area contributed by atoms with Crippen molar-refractivity contribution in [3.05, 3.63) is 69.9 Å². The molecule has 0 fully saturated rings. The molecule has 0 saturated carbocycles. The largest absolute Gasteiger partial charge is 0.459 e. The molecule has 3 aromatic rings. The fourth-order valence-electron chi connectivity index (χ4n) is 2.61. The Hall–Kier alpha value is -1.81. The predicted molar refractivity (Wildman–Crippen MR) is 86.3 cm³/mol. The zero-order valence-electron chi connectivity index (χ0n) is 12.0. The van der Waals surface area contributed by atoms with Gasteiger partial charge in [0.1, 0.15) is 17.4 Å². The second kappa shape index (κ2) is 5.53. The van der Waals surface area contributed by atoms with E-state index >= 15 is 0 Å². The first-order valence-corrected chi connectivity index (χ1v) is 7.18. The van der Waals surface area contributed by atoms with Crippen molar-refractivity contribution in [2.75, 3.05) is 0 Å². The third-order valence-electron chi connectivity index (χ3n) is 3.68. The van der Waals surface area contributed by atoms with Crippen LogP contribution in [0.15, 0.2) is 46.9 Å². The topological polar surface area (TPSA) is 51.2 Å². The second-order valence-electron chi connectivity index (χ2n) is 5.29. The first kappa shape index (κ1) is 14.1. The van der Waals surface area contributed by atoms with Gasteiger partial charge in [0, 0.05) is 10.4 Å². The van der Waals surface area contributed by atoms with Crippen LogP contribution in [-0.2, 0) is 0 Å². The molecule has 0 radical (unpaired) electrons. The van der Waals surface area contributed by atoms with Crippen molar-refractivity contribution in [1.29, 1.82) is 0 Å². The maximum absolute atomic E-state index is 6.02. The number of rotatable bonds is 3. The van der Waals surface area contributed by atoms with Crippen molar-refractivity contribution in [3.63, 3.8) is 0 Å². The van der Waals surface area contributed by atoms with Gasteiger partial charge in [0.2, 0.25) is 0 Å². The van der Waals surface area contributed by atoms with Crippen molar-refractivity contribution in [2.24, 2.45) is 5.84 Å². The molecule has 3 rings (SSSR count). The molecule has 4 heteroatoms. The molecular weight excluding hydrogens is 284 g/mol. The van der Waals surface area contributed by atoms with Crippen molar-refractivity contribution in [2.45, 2.75) is 19.9 Å². The number of benzene rings is 2. The Bertz CT molecular complexity index is 795. The fraction of sp³-hybridized carbons (Fsp3) is 0.176. The van der Waals surface area contributed by atoms with Crippen LogP contribution >= 0.6 is 11.6 Å². The molecule has 0 aliphatic rings. The van der Waals surface area contributed by atoms with Gasteiger partial charge < -0.3 is 4.42 Å². The lowest BCUT2D eigenvalue weighted by molar-refractivity contribution is 0.476. The van der Waals surface area contributed by atoms with E-state index in [-0.39, 0.29) is 6.04 Å². The minimum absolute atomic E-state index is 0.199. The molecule has 1 atom stereocenters. The summed E-state index contributed by atoms with van der Waals surface area (Å²) < 4.78 is 5.94. The minimum atomic E-state index is -0.199. The Balaban J connectivity index is 2.09. The summed E-state index contributed by atoms with van der Waals surface area (Å²) in [5.41, 5.74) is 7.03. The molecule has 1 aromatic heterocycles. The minimum Gasteiger partial charge on any atom is -0.459 e. The highest BCUT2D eigenvalue weighted by Gasteiger charge is 2.19. The summed E-state index contributed by atoms with van der Waals surface area (Å²) in [6.45, 7) is 4.08. The number of furan rings is 1. The van der Waals surface area contributed by atoms with Gasteiger partial charge in [-0.2, -0.15) is 0 Å². The summed E-state index contributed by atoms with van der Waals surface area (Å²) in [7, 11) is 0. The van der Waals surface area contributed by atoms with Gasteiger partial charge >= 0.3 is 0 Å². The third-order valence-corrected chi connectivity index (χ3v) is 3.92. The van der Waals surface area contributed by atoms with Gasteiger partial charge in [0.15, 0.2) is 0 Å². The summed E-state index contributed by atoms with van der Waals surface area (Å²) in [6, 6.07) is 13.7. The van der Waals surface area contributed by atoms with Crippen LogP contribution in [0.25, 0.3) is 11.0 Å². The van der Waals surface area contributed by atoms with E-state index in [9.17, 15) is 0 Å². The average Bonchev–Trinajstić information content (AvgIpc) is 2.84. The van der Waals surface area contributed by atoms with Gasteiger partial charge in [0.25, 0.3) is 0 Å². The fourth-order valence-corrected chi connectivity index (χ4v) is 2.84. The normalized spacial score (nSPS) is 12.8. The number of hydrogen-bond donors (Lipinski definition) is 2. The quantitative estimate of drug-likeness (QED) is 0.561. The van der Waals surface area contributed by atoms with E-state index in [4.69, 9.17) is 21.9 Å². The summed E-state index contributed by atoms with van der Waals surface area (Å²) in [6.07, 6.45) is 0. The van der Waals surface area contributed by atoms with Crippen LogP contribution < -0.4 is 11.3 Å². The molecule has 2 aromatic carbocycles. The Labute approximate surface area is 128 Å². The standard InChI is InChI=1S/C17H17ClN2O/c1-10-3-6-15-12(7-10)9-16(21-15)17(20-19)14-5-4-13(18)8-11(14)2/h3-9,17,20H,19H2,1-2H3. The van der Waals surface area contributed by atoms with Crippen LogP contribution in [0.5, 0.6) is 0 Å². The number of fused-ring (bicyclic) bond motifs is 1. The molecule has 0 amide bonds. The van der Waals surface area contributed by atoms with Crippen molar-refractivity contribution in [3.8, 4) is 0 Å². The predicted octanol–water partition coefficient (Wildman–Crippen LogP) is 4.26. The van der Waals surface area contributed by atoms with Crippen LogP contribution in [0.3, 0.4) is 0 Å². The Morgan fingerprint density at radius 1 is 1.10 bits per heavy atom. The number of hydrogen-bond acceptors (Lipinski definition) is 3. The van der Waals surface area contributed by atoms with Crippen LogP contribution in [-0.4, -0.2) is 0 Å². The maximum atomic E-state index is 6.02. The van der Waals surface area contributed by atoms with Gasteiger partial charge in [-0.25, -0.2) is 5.43 Å². The zero-order chi connectivity index (χ0) is 15.0. The SMILES string of the molecule is Cc1ccc2oc(C(NN)c3ccc(Cl)cc3C)cc2c1. The lowest BCUT2D eigenvalue weighted by atomic mass is 9.99. The lowest BCUT2D eigenvalue weighted by Gasteiger charge is -2.16. The number of halogens is 1. The van der Waals surface area contributed by atoms with Crippen LogP contribution in [0, 0.1) is 13.8 Å². The molecule has 0 saturated heterocycles. The summed E-state index contributed by atoms with van der Waals surface area (Å²) in [5, 5.41) is 1.80. The number of nitrogens with two attached hydrogens (primary N) is 1. The zero-order valence-corrected chi connectivity index (χ0v) is 12.7. The smallest absolute Gasteiger partial charge is 0.134 e. The molecule has 0 aliphatic heterocycles. The monoisotopic (exact) mass is 300 g/mol. The Kier molecular flexibility index (Phi) is 3.72. The van der Waals surface area contributed by atoms with Crippen molar-refractivity contribution in [1.82, 2.24) is 5.43 Å². The Morgan fingerprint density at radius 2 is 1.90 bits per heavy atom. The van der Waals surface area contributed by atoms with Crippen LogP contribution in [0.2, 0.25) is 5.02 Å². The van der Waals surface area contributed by atoms with Gasteiger partial charge in [-0.3, -0.25) is 5.84 Å². The van der Waals surface area contributed by atoms with Gasteiger partial charge in [-0.1, -0.05) is 29.3 Å². The van der Waals surface area contributed by atoms with E-state index in [2.05, 4.69) is 18.4 Å². The number of aryl methyl sites for hydroxylation is 2. The maximum Gasteiger partial charge on any atom is 0.134 e. The van der Waals surface area contributed by atoms with E-state index < -0.39 is 0 Å². The van der Waals surface area contributed by atoms with Crippen LogP contribution in [0.1, 0.15) is 28.5 Å². The summed E-state index contributed by atoms with van der Waals surface area (Å²) in [5.74, 6) is 6.55. The van der Waals surface area contributed by atoms with Crippen LogP contribution in [0.4, 0.5) is 0 Å². The van der Waals surface area contributed by atoms with Crippen molar-refractivity contribution >= 4 is 22.6 Å². The molecule has 1 heterocycles. The van der Waals surface area contributed by atoms with E-state index in [0.29, 0.717) is 5.02 Å². The van der Waals surface area contributed by atoms with E-state index in [0.717, 1.165) is 27.9 Å². The van der Waals surface area contributed by atoms with Crippen molar-refractivity contribution < 1.29 is 4.42 Å². The Morgan fingerprint density at radius 3 is 2.62 bits per heavy atom. The van der Waals surface area contributed by atoms with E-state index in [1.54, 1.807) is 0 Å². The van der Waals surface area contributed by atoms with Gasteiger partial charge in [-0.15, -0.1) is 0 Å². The van der Waals surface area contributed by atoms with Gasteiger partial charge in [0.05, 0.1) is 0 Å². The first-order valence-electron chi connectivity index (χ1n) is 6.81. The molecule has 3 N–H and O–H groups in total. The molecule has 0 bridgehead atoms. The van der Waals surface area contributed by atoms with Gasteiger partial charge in [-0.05, 0) is 55.3 Å². The average molecular weight is 301 g/mol. The lowest BCUT2D eigenvalue weighted by Crippen LogP contribution is -2.29. The highest BCUT2D eigenvalue weighted by molar-refractivity contribution is 6.30. The molecule has 1 unspecified atom stereocenters. The number of nitrogens with one attached hydrogen (secondary N) is 1.